The van der Waals surface area contributed by atoms with Crippen LogP contribution >= 0.6 is 22.6 Å². The molecule has 2 aromatic rings. The molecule has 0 aliphatic carbocycles. The van der Waals surface area contributed by atoms with Gasteiger partial charge < -0.3 is 20.7 Å². The fourth-order valence-electron chi connectivity index (χ4n) is 2.18. The number of ether oxygens (including phenoxy) is 1. The highest BCUT2D eigenvalue weighted by molar-refractivity contribution is 14.1. The second-order valence-electron chi connectivity index (χ2n) is 4.40. The van der Waals surface area contributed by atoms with E-state index < -0.39 is 30.6 Å². The van der Waals surface area contributed by atoms with E-state index in [1.807, 2.05) is 22.6 Å². The summed E-state index contributed by atoms with van der Waals surface area (Å²) in [6.07, 6.45) is -3.27. The van der Waals surface area contributed by atoms with Crippen molar-refractivity contribution in [2.75, 3.05) is 10.2 Å². The molecule has 0 bridgehead atoms. The topological polar surface area (TPSA) is 119 Å². The fourth-order valence-corrected chi connectivity index (χ4v) is 2.91. The molecule has 1 fully saturated rings. The van der Waals surface area contributed by atoms with Gasteiger partial charge in [-0.2, -0.15) is 14.4 Å². The second-order valence-corrected chi connectivity index (χ2v) is 5.28. The van der Waals surface area contributed by atoms with E-state index in [1.54, 1.807) is 0 Å². The van der Waals surface area contributed by atoms with Gasteiger partial charge in [-0.1, -0.05) is 22.6 Å². The number of hydrogen-bond donors (Lipinski definition) is 3. The zero-order valence-corrected chi connectivity index (χ0v) is 12.2. The molecule has 1 saturated heterocycles. The minimum absolute atomic E-state index is 0.0928. The van der Waals surface area contributed by atoms with Crippen LogP contribution in [-0.4, -0.2) is 52.5 Å². The van der Waals surface area contributed by atoms with Crippen LogP contribution in [0.2, 0.25) is 0 Å². The summed E-state index contributed by atoms with van der Waals surface area (Å²) in [5.74, 6) is -0.0928. The molecule has 4 atom stereocenters. The predicted octanol–water partition coefficient (Wildman–Crippen LogP) is -0.398. The number of alkyl halides is 1. The third kappa shape index (κ3) is 2.03. The van der Waals surface area contributed by atoms with Crippen molar-refractivity contribution in [2.24, 2.45) is 0 Å². The van der Waals surface area contributed by atoms with Crippen molar-refractivity contribution in [3.63, 3.8) is 0 Å². The van der Waals surface area contributed by atoms with Gasteiger partial charge in [0.05, 0.1) is 12.4 Å². The predicted molar refractivity (Wildman–Crippen MR) is 74.5 cm³/mol. The van der Waals surface area contributed by atoms with Crippen LogP contribution < -0.4 is 5.73 Å². The minimum atomic E-state index is -1.16. The van der Waals surface area contributed by atoms with Crippen LogP contribution in [0.4, 0.5) is 10.2 Å². The van der Waals surface area contributed by atoms with Gasteiger partial charge in [-0.3, -0.25) is 4.57 Å². The Morgan fingerprint density at radius 1 is 1.40 bits per heavy atom. The molecule has 10 heteroatoms. The Hall–Kier alpha value is -1.11. The van der Waals surface area contributed by atoms with Gasteiger partial charge in [0.1, 0.15) is 12.2 Å². The fraction of sp³-hybridized carbons (Fsp3) is 0.500. The first-order valence-corrected chi connectivity index (χ1v) is 7.28. The number of anilines is 1. The number of nitrogen functional groups attached to an aromatic ring is 1. The summed E-state index contributed by atoms with van der Waals surface area (Å²) < 4.78 is 20.7. The zero-order valence-electron chi connectivity index (χ0n) is 10.0. The monoisotopic (exact) mass is 395 g/mol. The van der Waals surface area contributed by atoms with E-state index in [0.717, 1.165) is 0 Å². The molecule has 20 heavy (non-hydrogen) atoms. The first-order valence-electron chi connectivity index (χ1n) is 5.76. The van der Waals surface area contributed by atoms with Gasteiger partial charge >= 0.3 is 6.08 Å². The van der Waals surface area contributed by atoms with Crippen molar-refractivity contribution in [2.45, 2.75) is 24.5 Å². The Bertz CT molecular complexity index is 653. The van der Waals surface area contributed by atoms with Crippen LogP contribution in [0.25, 0.3) is 11.2 Å². The number of hydrogen-bond acceptors (Lipinski definition) is 7. The maximum absolute atomic E-state index is 13.3. The van der Waals surface area contributed by atoms with Crippen LogP contribution in [0.3, 0.4) is 0 Å². The van der Waals surface area contributed by atoms with Gasteiger partial charge in [-0.05, 0) is 0 Å². The third-order valence-electron chi connectivity index (χ3n) is 3.18. The molecular weight excluding hydrogens is 384 g/mol. The smallest absolute Gasteiger partial charge is 0.312 e. The molecule has 0 aromatic carbocycles. The summed E-state index contributed by atoms with van der Waals surface area (Å²) in [4.78, 5) is 11.0. The quantitative estimate of drug-likeness (QED) is 0.360. The Morgan fingerprint density at radius 2 is 2.15 bits per heavy atom. The molecule has 0 saturated carbocycles. The molecule has 1 aliphatic rings. The van der Waals surface area contributed by atoms with Crippen LogP contribution in [0.5, 0.6) is 0 Å². The van der Waals surface area contributed by atoms with Crippen molar-refractivity contribution in [1.82, 2.24) is 19.5 Å². The van der Waals surface area contributed by atoms with Crippen LogP contribution in [0.15, 0.2) is 6.33 Å². The molecule has 0 unspecified atom stereocenters. The molecule has 3 heterocycles. The van der Waals surface area contributed by atoms with E-state index in [0.29, 0.717) is 4.43 Å². The van der Waals surface area contributed by atoms with E-state index in [-0.39, 0.29) is 17.0 Å². The van der Waals surface area contributed by atoms with Crippen LogP contribution in [0, 0.1) is 6.08 Å². The maximum Gasteiger partial charge on any atom is 0.312 e. The number of aliphatic hydroxyl groups is 2. The summed E-state index contributed by atoms with van der Waals surface area (Å²) in [5.41, 5.74) is 5.89. The summed E-state index contributed by atoms with van der Waals surface area (Å²) in [7, 11) is 0. The lowest BCUT2D eigenvalue weighted by atomic mass is 10.1. The van der Waals surface area contributed by atoms with Crippen molar-refractivity contribution >= 4 is 39.6 Å². The lowest BCUT2D eigenvalue weighted by molar-refractivity contribution is -0.0283. The number of nitrogens with zero attached hydrogens (tertiary/aromatic N) is 4. The third-order valence-corrected chi connectivity index (χ3v) is 4.05. The summed E-state index contributed by atoms with van der Waals surface area (Å²) in [5, 5.41) is 19.9. The van der Waals surface area contributed by atoms with E-state index >= 15 is 0 Å². The Kier molecular flexibility index (Phi) is 3.48. The summed E-state index contributed by atoms with van der Waals surface area (Å²) in [6.45, 7) is 0. The van der Waals surface area contributed by atoms with E-state index in [4.69, 9.17) is 10.5 Å². The minimum Gasteiger partial charge on any atom is -0.387 e. The Labute approximate surface area is 125 Å². The lowest BCUT2D eigenvalue weighted by Gasteiger charge is -2.16. The molecular formula is C10H11FIN5O3. The van der Waals surface area contributed by atoms with Crippen molar-refractivity contribution in [3.05, 3.63) is 12.4 Å². The summed E-state index contributed by atoms with van der Waals surface area (Å²) in [6, 6.07) is 0. The number of aliphatic hydroxyl groups excluding tert-OH is 2. The SMILES string of the molecule is Nc1nc(F)nc2c1ncn2[C@@H]1O[C@H](CI)[C@@H](O)[C@H]1O. The van der Waals surface area contributed by atoms with E-state index in [9.17, 15) is 14.6 Å². The standard InChI is InChI=1S/C10H11FIN5O3/c11-10-15-7(13)4-8(16-10)17(2-14-4)9-6(19)5(18)3(1-12)20-9/h2-3,5-6,9,18-19H,1H2,(H2,13,15,16)/t3-,5-,6-,9-/m1/s1. The van der Waals surface area contributed by atoms with E-state index in [1.165, 1.54) is 10.9 Å². The molecule has 0 radical (unpaired) electrons. The average Bonchev–Trinajstić information content (AvgIpc) is 2.93. The average molecular weight is 395 g/mol. The van der Waals surface area contributed by atoms with Gasteiger partial charge in [-0.15, -0.1) is 0 Å². The zero-order chi connectivity index (χ0) is 14.4. The van der Waals surface area contributed by atoms with E-state index in [2.05, 4.69) is 15.0 Å². The molecule has 4 N–H and O–H groups in total. The van der Waals surface area contributed by atoms with Gasteiger partial charge in [0.2, 0.25) is 0 Å². The Morgan fingerprint density at radius 3 is 2.80 bits per heavy atom. The lowest BCUT2D eigenvalue weighted by Crippen LogP contribution is -2.32. The van der Waals surface area contributed by atoms with Crippen LogP contribution in [-0.2, 0) is 4.74 Å². The molecule has 0 amide bonds. The first kappa shape index (κ1) is 13.9. The number of rotatable bonds is 2. The number of nitrogens with two attached hydrogens (primary N) is 1. The molecule has 3 rings (SSSR count). The van der Waals surface area contributed by atoms with Crippen molar-refractivity contribution < 1.29 is 19.3 Å². The van der Waals surface area contributed by atoms with Crippen molar-refractivity contribution in [1.29, 1.82) is 0 Å². The van der Waals surface area contributed by atoms with Gasteiger partial charge in [0.25, 0.3) is 0 Å². The maximum atomic E-state index is 13.3. The Balaban J connectivity index is 2.07. The first-order chi connectivity index (χ1) is 9.52. The highest BCUT2D eigenvalue weighted by Gasteiger charge is 2.43. The molecule has 1 aliphatic heterocycles. The second kappa shape index (κ2) is 5.02. The normalized spacial score (nSPS) is 30.2. The largest absolute Gasteiger partial charge is 0.387 e. The highest BCUT2D eigenvalue weighted by Crippen LogP contribution is 2.32. The summed E-state index contributed by atoms with van der Waals surface area (Å²) >= 11 is 2.04. The van der Waals surface area contributed by atoms with Gasteiger partial charge in [-0.25, -0.2) is 4.98 Å². The molecule has 108 valence electrons. The number of aromatic nitrogens is 4. The molecule has 8 nitrogen and oxygen atoms in total. The van der Waals surface area contributed by atoms with Gasteiger partial charge in [0.15, 0.2) is 23.2 Å². The van der Waals surface area contributed by atoms with Crippen LogP contribution in [0.1, 0.15) is 6.23 Å². The molecule has 0 spiro atoms. The number of halogens is 2. The highest BCUT2D eigenvalue weighted by atomic mass is 127. The molecule has 2 aromatic heterocycles. The van der Waals surface area contributed by atoms with Gasteiger partial charge in [0, 0.05) is 4.43 Å². The van der Waals surface area contributed by atoms with Crippen molar-refractivity contribution in [3.8, 4) is 0 Å². The number of fused-ring (bicyclic) bond motifs is 1. The number of imidazole rings is 1.